The summed E-state index contributed by atoms with van der Waals surface area (Å²) in [6.07, 6.45) is 6.77. The highest BCUT2D eigenvalue weighted by Gasteiger charge is 2.28. The van der Waals surface area contributed by atoms with Crippen LogP contribution in [0.1, 0.15) is 11.1 Å². The molecule has 0 amide bonds. The minimum atomic E-state index is 0.340. The van der Waals surface area contributed by atoms with Gasteiger partial charge in [-0.15, -0.1) is 0 Å². The maximum absolute atomic E-state index is 6.41. The van der Waals surface area contributed by atoms with E-state index in [2.05, 4.69) is 25.2 Å². The van der Waals surface area contributed by atoms with Gasteiger partial charge in [-0.1, -0.05) is 6.07 Å². The number of nitrogens with zero attached hydrogens (tertiary/aromatic N) is 4. The molecule has 1 aliphatic heterocycles. The first-order valence-corrected chi connectivity index (χ1v) is 9.50. The third kappa shape index (κ3) is 2.97. The van der Waals surface area contributed by atoms with Crippen molar-refractivity contribution in [2.45, 2.75) is 6.61 Å². The molecule has 0 aliphatic carbocycles. The summed E-state index contributed by atoms with van der Waals surface area (Å²) in [6.45, 7) is 0.340. The maximum Gasteiger partial charge on any atom is 0.143 e. The van der Waals surface area contributed by atoms with Gasteiger partial charge in [-0.3, -0.25) is 9.98 Å². The molecule has 3 aromatic rings. The number of ether oxygens (including phenoxy) is 2. The van der Waals surface area contributed by atoms with E-state index in [4.69, 9.17) is 15.2 Å². The molecule has 4 rings (SSSR count). The lowest BCUT2D eigenvalue weighted by molar-refractivity contribution is 0.306. The van der Waals surface area contributed by atoms with Gasteiger partial charge >= 0.3 is 0 Å². The molecule has 0 atom stereocenters. The van der Waals surface area contributed by atoms with Gasteiger partial charge in [0.25, 0.3) is 0 Å². The summed E-state index contributed by atoms with van der Waals surface area (Å²) < 4.78 is 12.1. The quantitative estimate of drug-likeness (QED) is 0.644. The monoisotopic (exact) mass is 404 g/mol. The van der Waals surface area contributed by atoms with E-state index < -0.39 is 0 Å². The van der Waals surface area contributed by atoms with Crippen LogP contribution in [0.3, 0.4) is 0 Å². The smallest absolute Gasteiger partial charge is 0.143 e. The molecule has 154 valence electrons. The first kappa shape index (κ1) is 19.5. The largest absolute Gasteiger partial charge is 0.496 e. The summed E-state index contributed by atoms with van der Waals surface area (Å²) in [5.74, 6) is 2.08. The highest BCUT2D eigenvalue weighted by molar-refractivity contribution is 6.16. The average molecular weight is 404 g/mol. The Hall–Kier alpha value is -3.81. The van der Waals surface area contributed by atoms with Crippen LogP contribution in [0.5, 0.6) is 11.5 Å². The van der Waals surface area contributed by atoms with Gasteiger partial charge in [-0.05, 0) is 6.07 Å². The van der Waals surface area contributed by atoms with Crippen molar-refractivity contribution in [3.05, 3.63) is 47.9 Å². The number of nitrogens with two attached hydrogens (primary N) is 1. The molecule has 2 aromatic heterocycles. The summed E-state index contributed by atoms with van der Waals surface area (Å²) in [6, 6.07) is 5.80. The van der Waals surface area contributed by atoms with E-state index in [9.17, 15) is 0 Å². The standard InChI is InChI=1S/C22H24N6O2/c1-24-10-14(9-23)18-17(29-4)8-15-19-20(16(25-2)11-27-15)28(3)22-13(6-5-7-26-22)12-30-21(18)19/h5-11,25H,12,23H2,1-4H3. The van der Waals surface area contributed by atoms with Crippen LogP contribution in [-0.4, -0.2) is 44.4 Å². The van der Waals surface area contributed by atoms with E-state index in [0.717, 1.165) is 39.2 Å². The van der Waals surface area contributed by atoms with E-state index in [0.29, 0.717) is 23.7 Å². The van der Waals surface area contributed by atoms with Crippen molar-refractivity contribution >= 4 is 39.9 Å². The molecule has 1 aromatic carbocycles. The predicted octanol–water partition coefficient (Wildman–Crippen LogP) is 3.34. The fourth-order valence-electron chi connectivity index (χ4n) is 3.82. The van der Waals surface area contributed by atoms with Crippen molar-refractivity contribution in [1.29, 1.82) is 0 Å². The van der Waals surface area contributed by atoms with E-state index >= 15 is 0 Å². The van der Waals surface area contributed by atoms with Crippen molar-refractivity contribution < 1.29 is 9.47 Å². The number of rotatable bonds is 4. The van der Waals surface area contributed by atoms with Crippen LogP contribution in [0.4, 0.5) is 17.2 Å². The molecule has 8 heteroatoms. The van der Waals surface area contributed by atoms with E-state index in [-0.39, 0.29) is 0 Å². The number of pyridine rings is 2. The zero-order valence-corrected chi connectivity index (χ0v) is 17.4. The van der Waals surface area contributed by atoms with E-state index in [1.165, 1.54) is 6.20 Å². The number of methoxy groups -OCH3 is 1. The molecular weight excluding hydrogens is 380 g/mol. The number of nitrogens with one attached hydrogen (secondary N) is 1. The van der Waals surface area contributed by atoms with Crippen LogP contribution in [0, 0.1) is 0 Å². The van der Waals surface area contributed by atoms with Gasteiger partial charge < -0.3 is 25.4 Å². The lowest BCUT2D eigenvalue weighted by Gasteiger charge is -2.29. The Labute approximate surface area is 175 Å². The summed E-state index contributed by atoms with van der Waals surface area (Å²) >= 11 is 0. The molecule has 0 spiro atoms. The number of allylic oxidation sites excluding steroid dienone is 1. The third-order valence-electron chi connectivity index (χ3n) is 5.17. The Morgan fingerprint density at radius 1 is 1.40 bits per heavy atom. The molecule has 8 nitrogen and oxygen atoms in total. The molecule has 3 N–H and O–H groups in total. The zero-order chi connectivity index (χ0) is 21.3. The van der Waals surface area contributed by atoms with Crippen LogP contribution in [0.25, 0.3) is 16.5 Å². The second kappa shape index (κ2) is 7.90. The highest BCUT2D eigenvalue weighted by atomic mass is 16.5. The number of hydrogen-bond acceptors (Lipinski definition) is 8. The molecule has 0 fully saturated rings. The van der Waals surface area contributed by atoms with Gasteiger partial charge in [0.05, 0.1) is 41.1 Å². The number of fused-ring (bicyclic) bond motifs is 1. The number of anilines is 3. The van der Waals surface area contributed by atoms with Crippen molar-refractivity contribution in [2.75, 3.05) is 38.5 Å². The molecule has 1 aliphatic rings. The third-order valence-corrected chi connectivity index (χ3v) is 5.17. The number of benzene rings is 1. The maximum atomic E-state index is 6.41. The van der Waals surface area contributed by atoms with Gasteiger partial charge in [0.1, 0.15) is 23.9 Å². The normalized spacial score (nSPS) is 13.6. The van der Waals surface area contributed by atoms with Gasteiger partial charge in [-0.2, -0.15) is 0 Å². The van der Waals surface area contributed by atoms with Crippen LogP contribution in [-0.2, 0) is 6.61 Å². The lowest BCUT2D eigenvalue weighted by atomic mass is 9.98. The molecule has 0 unspecified atom stereocenters. The molecule has 0 radical (unpaired) electrons. The average Bonchev–Trinajstić information content (AvgIpc) is 2.78. The molecule has 0 bridgehead atoms. The van der Waals surface area contributed by atoms with Gasteiger partial charge in [-0.25, -0.2) is 4.98 Å². The first-order valence-electron chi connectivity index (χ1n) is 9.50. The SMILES string of the molecule is CN=CC(=CN)c1c(OC)cc2ncc(NC)c3c2c1OCc1cccnc1N3C. The molecule has 0 saturated heterocycles. The van der Waals surface area contributed by atoms with Crippen molar-refractivity contribution in [1.82, 2.24) is 9.97 Å². The van der Waals surface area contributed by atoms with Crippen molar-refractivity contribution in [2.24, 2.45) is 10.7 Å². The zero-order valence-electron chi connectivity index (χ0n) is 17.4. The molecule has 30 heavy (non-hydrogen) atoms. The summed E-state index contributed by atoms with van der Waals surface area (Å²) in [4.78, 5) is 15.5. The number of aliphatic imine (C=N–C) groups is 1. The van der Waals surface area contributed by atoms with Gasteiger partial charge in [0.2, 0.25) is 0 Å². The Morgan fingerprint density at radius 2 is 2.23 bits per heavy atom. The van der Waals surface area contributed by atoms with Gasteiger partial charge in [0, 0.05) is 57.0 Å². The van der Waals surface area contributed by atoms with Crippen LogP contribution >= 0.6 is 0 Å². The van der Waals surface area contributed by atoms with Crippen molar-refractivity contribution in [3.63, 3.8) is 0 Å². The molecule has 0 saturated carbocycles. The summed E-state index contributed by atoms with van der Waals surface area (Å²) in [5, 5.41) is 4.09. The lowest BCUT2D eigenvalue weighted by Crippen LogP contribution is -2.19. The van der Waals surface area contributed by atoms with Crippen LogP contribution < -0.4 is 25.4 Å². The summed E-state index contributed by atoms with van der Waals surface area (Å²) in [5.41, 5.74) is 10.9. The van der Waals surface area contributed by atoms with E-state index in [1.807, 2.05) is 32.3 Å². The molecular formula is C22H24N6O2. The Balaban J connectivity index is 2.17. The number of hydrogen-bond donors (Lipinski definition) is 2. The second-order valence-corrected chi connectivity index (χ2v) is 6.79. The highest BCUT2D eigenvalue weighted by Crippen LogP contribution is 2.48. The summed E-state index contributed by atoms with van der Waals surface area (Å²) in [7, 11) is 7.17. The Bertz CT molecular complexity index is 1170. The fourth-order valence-corrected chi connectivity index (χ4v) is 3.82. The fraction of sp³-hybridized carbons (Fsp3) is 0.227. The second-order valence-electron chi connectivity index (χ2n) is 6.79. The minimum Gasteiger partial charge on any atom is -0.496 e. The Morgan fingerprint density at radius 3 is 2.93 bits per heavy atom. The van der Waals surface area contributed by atoms with Crippen molar-refractivity contribution in [3.8, 4) is 11.5 Å². The van der Waals surface area contributed by atoms with Gasteiger partial charge in [0.15, 0.2) is 0 Å². The Kier molecular flexibility index (Phi) is 5.14. The molecule has 3 heterocycles. The minimum absolute atomic E-state index is 0.340. The van der Waals surface area contributed by atoms with E-state index in [1.54, 1.807) is 32.8 Å². The topological polar surface area (TPSA) is 97.9 Å². The van der Waals surface area contributed by atoms with Crippen LogP contribution in [0.2, 0.25) is 0 Å². The first-order chi connectivity index (χ1) is 14.6. The predicted molar refractivity (Wildman–Crippen MR) is 121 cm³/mol. The van der Waals surface area contributed by atoms with Crippen LogP contribution in [0.15, 0.2) is 41.8 Å². The number of aromatic nitrogens is 2.